The number of rotatable bonds is 3. The highest BCUT2D eigenvalue weighted by molar-refractivity contribution is 7.13. The molecule has 0 saturated heterocycles. The molecule has 102 valence electrons. The van der Waals surface area contributed by atoms with Crippen LogP contribution in [-0.4, -0.2) is 27.8 Å². The van der Waals surface area contributed by atoms with Gasteiger partial charge in [-0.15, -0.1) is 10.2 Å². The van der Waals surface area contributed by atoms with Gasteiger partial charge in [0.1, 0.15) is 5.51 Å². The van der Waals surface area contributed by atoms with Gasteiger partial charge in [-0.3, -0.25) is 10.1 Å². The van der Waals surface area contributed by atoms with Crippen LogP contribution in [0.3, 0.4) is 0 Å². The lowest BCUT2D eigenvalue weighted by Crippen LogP contribution is -2.11. The summed E-state index contributed by atoms with van der Waals surface area (Å²) in [6, 6.07) is 4.84. The molecule has 1 heterocycles. The first-order valence-corrected chi connectivity index (χ1v) is 6.93. The lowest BCUT2D eigenvalue weighted by atomic mass is 10.1. The van der Waals surface area contributed by atoms with Crippen molar-refractivity contribution in [2.24, 2.45) is 0 Å². The van der Waals surface area contributed by atoms with E-state index in [9.17, 15) is 4.79 Å². The first-order valence-electron chi connectivity index (χ1n) is 5.67. The number of hydrogen-bond acceptors (Lipinski definition) is 5. The molecule has 0 aliphatic carbocycles. The van der Waals surface area contributed by atoms with Crippen molar-refractivity contribution >= 4 is 34.0 Å². The van der Waals surface area contributed by atoms with Crippen LogP contribution in [0.15, 0.2) is 23.7 Å². The number of aliphatic hydroxyl groups excluding tert-OH is 1. The second-order valence-electron chi connectivity index (χ2n) is 3.67. The molecule has 7 heteroatoms. The minimum atomic E-state index is -0.307. The second-order valence-corrected chi connectivity index (χ2v) is 4.91. The van der Waals surface area contributed by atoms with E-state index in [1.807, 2.05) is 0 Å². The molecule has 1 aromatic carbocycles. The molecule has 0 atom stereocenters. The van der Waals surface area contributed by atoms with E-state index < -0.39 is 0 Å². The van der Waals surface area contributed by atoms with Crippen LogP contribution in [0.1, 0.15) is 22.3 Å². The standard InChI is InChI=1S/C13H10ClN3O2S/c14-11-7-10(5-4-9(11)3-1-2-6-18)12(19)16-13-17-15-8-20-13/h4-5,7-8,18H,2,6H2,(H,16,17,19). The molecular weight excluding hydrogens is 298 g/mol. The van der Waals surface area contributed by atoms with Crippen molar-refractivity contribution in [2.45, 2.75) is 6.42 Å². The third-order valence-electron chi connectivity index (χ3n) is 2.27. The third kappa shape index (κ3) is 3.78. The average molecular weight is 308 g/mol. The predicted molar refractivity (Wildman–Crippen MR) is 77.9 cm³/mol. The summed E-state index contributed by atoms with van der Waals surface area (Å²) >= 11 is 7.30. The van der Waals surface area contributed by atoms with E-state index in [0.29, 0.717) is 27.7 Å². The van der Waals surface area contributed by atoms with E-state index in [0.717, 1.165) is 0 Å². The fourth-order valence-electron chi connectivity index (χ4n) is 1.37. The number of hydrogen-bond donors (Lipinski definition) is 2. The van der Waals surface area contributed by atoms with Crippen molar-refractivity contribution in [3.63, 3.8) is 0 Å². The fourth-order valence-corrected chi connectivity index (χ4v) is 2.04. The minimum Gasteiger partial charge on any atom is -0.395 e. The molecule has 2 aromatic rings. The van der Waals surface area contributed by atoms with E-state index >= 15 is 0 Å². The van der Waals surface area contributed by atoms with Crippen molar-refractivity contribution in [1.29, 1.82) is 0 Å². The van der Waals surface area contributed by atoms with Gasteiger partial charge in [-0.25, -0.2) is 0 Å². The van der Waals surface area contributed by atoms with Gasteiger partial charge in [0.05, 0.1) is 11.6 Å². The Labute approximate surface area is 124 Å². The number of nitrogens with zero attached hydrogens (tertiary/aromatic N) is 2. The Morgan fingerprint density at radius 2 is 2.35 bits per heavy atom. The van der Waals surface area contributed by atoms with Crippen LogP contribution in [0.5, 0.6) is 0 Å². The van der Waals surface area contributed by atoms with Gasteiger partial charge in [0.25, 0.3) is 5.91 Å². The number of amides is 1. The summed E-state index contributed by atoms with van der Waals surface area (Å²) < 4.78 is 0. The number of nitrogens with one attached hydrogen (secondary N) is 1. The molecule has 5 nitrogen and oxygen atoms in total. The smallest absolute Gasteiger partial charge is 0.257 e. The summed E-state index contributed by atoms with van der Waals surface area (Å²) in [6.45, 7) is 0.00690. The van der Waals surface area contributed by atoms with E-state index in [1.165, 1.54) is 16.8 Å². The summed E-state index contributed by atoms with van der Waals surface area (Å²) in [5.74, 6) is 5.30. The maximum atomic E-state index is 11.9. The molecule has 0 aliphatic heterocycles. The zero-order valence-electron chi connectivity index (χ0n) is 10.3. The van der Waals surface area contributed by atoms with E-state index in [-0.39, 0.29) is 12.5 Å². The number of benzene rings is 1. The molecular formula is C13H10ClN3O2S. The van der Waals surface area contributed by atoms with Gasteiger partial charge in [0.2, 0.25) is 5.13 Å². The maximum absolute atomic E-state index is 11.9. The second kappa shape index (κ2) is 7.01. The van der Waals surface area contributed by atoms with Crippen LogP contribution >= 0.6 is 22.9 Å². The number of carbonyl (C=O) groups is 1. The molecule has 0 fully saturated rings. The van der Waals surface area contributed by atoms with Crippen LogP contribution < -0.4 is 5.32 Å². The number of anilines is 1. The summed E-state index contributed by atoms with van der Waals surface area (Å²) in [4.78, 5) is 11.9. The SMILES string of the molecule is O=C(Nc1nncs1)c1ccc(C#CCCO)c(Cl)c1. The van der Waals surface area contributed by atoms with Gasteiger partial charge in [-0.1, -0.05) is 34.8 Å². The first-order chi connectivity index (χ1) is 9.70. The van der Waals surface area contributed by atoms with Crippen molar-refractivity contribution in [3.8, 4) is 11.8 Å². The lowest BCUT2D eigenvalue weighted by Gasteiger charge is -2.03. The van der Waals surface area contributed by atoms with E-state index in [2.05, 4.69) is 27.4 Å². The van der Waals surface area contributed by atoms with Crippen molar-refractivity contribution in [2.75, 3.05) is 11.9 Å². The van der Waals surface area contributed by atoms with Gasteiger partial charge in [0, 0.05) is 17.5 Å². The number of carbonyl (C=O) groups excluding carboxylic acids is 1. The highest BCUT2D eigenvalue weighted by Crippen LogP contribution is 2.18. The molecule has 0 aliphatic rings. The number of halogens is 1. The molecule has 1 amide bonds. The molecule has 2 N–H and O–H groups in total. The van der Waals surface area contributed by atoms with E-state index in [4.69, 9.17) is 16.7 Å². The Hall–Kier alpha value is -1.94. The largest absolute Gasteiger partial charge is 0.395 e. The highest BCUT2D eigenvalue weighted by Gasteiger charge is 2.09. The van der Waals surface area contributed by atoms with Gasteiger partial charge in [0.15, 0.2) is 0 Å². The van der Waals surface area contributed by atoms with E-state index in [1.54, 1.807) is 18.2 Å². The Kier molecular flexibility index (Phi) is 5.07. The lowest BCUT2D eigenvalue weighted by molar-refractivity contribution is 0.102. The summed E-state index contributed by atoms with van der Waals surface area (Å²) in [5.41, 5.74) is 2.56. The average Bonchev–Trinajstić information content (AvgIpc) is 2.93. The van der Waals surface area contributed by atoms with Gasteiger partial charge < -0.3 is 5.11 Å². The fraction of sp³-hybridized carbons (Fsp3) is 0.154. The highest BCUT2D eigenvalue weighted by atomic mass is 35.5. The van der Waals surface area contributed by atoms with Crippen LogP contribution in [0.2, 0.25) is 5.02 Å². The number of aliphatic hydroxyl groups is 1. The Morgan fingerprint density at radius 3 is 3.00 bits per heavy atom. The molecule has 0 spiro atoms. The van der Waals surface area contributed by atoms with Gasteiger partial charge >= 0.3 is 0 Å². The summed E-state index contributed by atoms with van der Waals surface area (Å²) in [5, 5.41) is 19.4. The molecule has 0 unspecified atom stereocenters. The molecule has 20 heavy (non-hydrogen) atoms. The van der Waals surface area contributed by atoms with Gasteiger partial charge in [-0.05, 0) is 18.2 Å². The molecule has 0 bridgehead atoms. The topological polar surface area (TPSA) is 75.1 Å². The van der Waals surface area contributed by atoms with Crippen LogP contribution in [0.4, 0.5) is 5.13 Å². The van der Waals surface area contributed by atoms with Crippen molar-refractivity contribution < 1.29 is 9.90 Å². The molecule has 1 aromatic heterocycles. The quantitative estimate of drug-likeness (QED) is 0.852. The summed E-state index contributed by atoms with van der Waals surface area (Å²) in [6.07, 6.45) is 0.385. The Morgan fingerprint density at radius 1 is 1.50 bits per heavy atom. The maximum Gasteiger partial charge on any atom is 0.257 e. The summed E-state index contributed by atoms with van der Waals surface area (Å²) in [7, 11) is 0. The van der Waals surface area contributed by atoms with Crippen molar-refractivity contribution in [1.82, 2.24) is 10.2 Å². The van der Waals surface area contributed by atoms with Crippen molar-refractivity contribution in [3.05, 3.63) is 39.9 Å². The van der Waals surface area contributed by atoms with Gasteiger partial charge in [-0.2, -0.15) is 0 Å². The number of aromatic nitrogens is 2. The molecule has 0 radical (unpaired) electrons. The Balaban J connectivity index is 2.12. The first kappa shape index (κ1) is 14.5. The van der Waals surface area contributed by atoms with Crippen LogP contribution in [0, 0.1) is 11.8 Å². The zero-order chi connectivity index (χ0) is 14.4. The van der Waals surface area contributed by atoms with Crippen LogP contribution in [0.25, 0.3) is 0 Å². The predicted octanol–water partition coefficient (Wildman–Crippen LogP) is 2.18. The monoisotopic (exact) mass is 307 g/mol. The van der Waals surface area contributed by atoms with Crippen LogP contribution in [-0.2, 0) is 0 Å². The Bertz CT molecular complexity index is 662. The molecule has 2 rings (SSSR count). The minimum absolute atomic E-state index is 0.00690. The molecule has 0 saturated carbocycles. The zero-order valence-corrected chi connectivity index (χ0v) is 11.8. The third-order valence-corrected chi connectivity index (χ3v) is 3.19. The normalized spacial score (nSPS) is 9.70.